The lowest BCUT2D eigenvalue weighted by Gasteiger charge is -2.30. The molecule has 0 amide bonds. The Morgan fingerprint density at radius 1 is 1.47 bits per heavy atom. The van der Waals surface area contributed by atoms with E-state index in [-0.39, 0.29) is 0 Å². The molecular formula is C15H26N2O2. The summed E-state index contributed by atoms with van der Waals surface area (Å²) in [6.07, 6.45) is 8.52. The molecule has 19 heavy (non-hydrogen) atoms. The summed E-state index contributed by atoms with van der Waals surface area (Å²) in [6, 6.07) is 0. The second-order valence-electron chi connectivity index (χ2n) is 4.69. The van der Waals surface area contributed by atoms with E-state index in [4.69, 9.17) is 9.53 Å². The molecule has 0 aromatic rings. The first kappa shape index (κ1) is 15.9. The summed E-state index contributed by atoms with van der Waals surface area (Å²) in [4.78, 5) is 11.3. The summed E-state index contributed by atoms with van der Waals surface area (Å²) >= 11 is 0. The van der Waals surface area contributed by atoms with Crippen LogP contribution in [0, 0.1) is 5.92 Å². The van der Waals surface area contributed by atoms with Crippen molar-refractivity contribution in [1.29, 1.82) is 0 Å². The molecule has 2 aliphatic rings. The highest BCUT2D eigenvalue weighted by Crippen LogP contribution is 2.18. The van der Waals surface area contributed by atoms with Gasteiger partial charge in [-0.1, -0.05) is 6.08 Å². The molecule has 1 unspecified atom stereocenters. The van der Waals surface area contributed by atoms with Gasteiger partial charge in [-0.05, 0) is 38.3 Å². The second kappa shape index (κ2) is 9.75. The van der Waals surface area contributed by atoms with Crippen LogP contribution in [0.3, 0.4) is 0 Å². The Morgan fingerprint density at radius 2 is 2.16 bits per heavy atom. The first-order chi connectivity index (χ1) is 9.30. The van der Waals surface area contributed by atoms with Crippen molar-refractivity contribution >= 4 is 6.29 Å². The van der Waals surface area contributed by atoms with Gasteiger partial charge in [0.2, 0.25) is 0 Å². The zero-order valence-electron chi connectivity index (χ0n) is 12.1. The molecule has 108 valence electrons. The number of ether oxygens (including phenoxy) is 1. The molecule has 1 saturated heterocycles. The van der Waals surface area contributed by atoms with Gasteiger partial charge in [0.1, 0.15) is 12.0 Å². The average Bonchev–Trinajstić information content (AvgIpc) is 2.42. The van der Waals surface area contributed by atoms with Gasteiger partial charge in [0.05, 0.1) is 6.61 Å². The Morgan fingerprint density at radius 3 is 2.79 bits per heavy atom. The van der Waals surface area contributed by atoms with E-state index in [0.29, 0.717) is 5.92 Å². The molecule has 1 aliphatic carbocycles. The highest BCUT2D eigenvalue weighted by Gasteiger charge is 2.16. The Labute approximate surface area is 116 Å². The minimum absolute atomic E-state index is 0.629. The molecule has 0 aromatic carbocycles. The van der Waals surface area contributed by atoms with E-state index in [1.165, 1.54) is 26.6 Å². The molecule has 2 rings (SSSR count). The summed E-state index contributed by atoms with van der Waals surface area (Å²) in [6.45, 7) is 10.0. The van der Waals surface area contributed by atoms with Gasteiger partial charge < -0.3 is 19.7 Å². The molecule has 4 nitrogen and oxygen atoms in total. The highest BCUT2D eigenvalue weighted by atomic mass is 16.5. The fourth-order valence-electron chi connectivity index (χ4n) is 2.33. The van der Waals surface area contributed by atoms with Gasteiger partial charge in [0, 0.05) is 32.7 Å². The van der Waals surface area contributed by atoms with Gasteiger partial charge >= 0.3 is 0 Å². The maximum absolute atomic E-state index is 8.81. The quantitative estimate of drug-likeness (QED) is 0.785. The zero-order valence-corrected chi connectivity index (χ0v) is 12.1. The molecule has 1 aliphatic heterocycles. The van der Waals surface area contributed by atoms with Crippen molar-refractivity contribution in [1.82, 2.24) is 10.2 Å². The molecule has 1 heterocycles. The number of nitrogens with zero attached hydrogens (tertiary/aromatic N) is 1. The Kier molecular flexibility index (Phi) is 8.18. The summed E-state index contributed by atoms with van der Waals surface area (Å²) in [7, 11) is 0. The van der Waals surface area contributed by atoms with Gasteiger partial charge in [-0.25, -0.2) is 0 Å². The Balaban J connectivity index is 0.000000550. The van der Waals surface area contributed by atoms with E-state index >= 15 is 0 Å². The van der Waals surface area contributed by atoms with Crippen molar-refractivity contribution in [3.63, 3.8) is 0 Å². The molecule has 4 heteroatoms. The first-order valence-electron chi connectivity index (χ1n) is 7.14. The molecule has 0 saturated carbocycles. The summed E-state index contributed by atoms with van der Waals surface area (Å²) in [5.41, 5.74) is 0. The lowest BCUT2D eigenvalue weighted by Crippen LogP contribution is -2.45. The predicted octanol–water partition coefficient (Wildman–Crippen LogP) is 1.59. The SMILES string of the molecule is CC=O.CCOC1=CC(CN2CCNCC2)CC=C1. The van der Waals surface area contributed by atoms with Crippen molar-refractivity contribution in [3.05, 3.63) is 24.0 Å². The molecule has 1 fully saturated rings. The Bertz CT molecular complexity index is 307. The number of carbonyl (C=O) groups excluding carboxylic acids is 1. The van der Waals surface area contributed by atoms with E-state index < -0.39 is 0 Å². The van der Waals surface area contributed by atoms with Crippen LogP contribution in [0.2, 0.25) is 0 Å². The van der Waals surface area contributed by atoms with E-state index in [2.05, 4.69) is 28.4 Å². The van der Waals surface area contributed by atoms with Gasteiger partial charge in [-0.3, -0.25) is 0 Å². The molecule has 1 atom stereocenters. The third-order valence-corrected chi connectivity index (χ3v) is 3.13. The van der Waals surface area contributed by atoms with Crippen molar-refractivity contribution in [2.45, 2.75) is 20.3 Å². The maximum Gasteiger partial charge on any atom is 0.116 e. The van der Waals surface area contributed by atoms with E-state index in [0.717, 1.165) is 38.2 Å². The van der Waals surface area contributed by atoms with Gasteiger partial charge in [0.25, 0.3) is 0 Å². The lowest BCUT2D eigenvalue weighted by atomic mass is 9.99. The monoisotopic (exact) mass is 266 g/mol. The number of nitrogens with one attached hydrogen (secondary N) is 1. The lowest BCUT2D eigenvalue weighted by molar-refractivity contribution is -0.106. The number of allylic oxidation sites excluding steroid dienone is 2. The molecule has 1 N–H and O–H groups in total. The van der Waals surface area contributed by atoms with E-state index in [9.17, 15) is 0 Å². The van der Waals surface area contributed by atoms with Crippen LogP contribution in [0.1, 0.15) is 20.3 Å². The van der Waals surface area contributed by atoms with Crippen molar-refractivity contribution in [2.24, 2.45) is 5.92 Å². The third-order valence-electron chi connectivity index (χ3n) is 3.13. The van der Waals surface area contributed by atoms with Gasteiger partial charge in [-0.2, -0.15) is 0 Å². The number of hydrogen-bond donors (Lipinski definition) is 1. The topological polar surface area (TPSA) is 41.6 Å². The summed E-state index contributed by atoms with van der Waals surface area (Å²) < 4.78 is 5.55. The fourth-order valence-corrected chi connectivity index (χ4v) is 2.33. The van der Waals surface area contributed by atoms with Crippen molar-refractivity contribution in [3.8, 4) is 0 Å². The van der Waals surface area contributed by atoms with Crippen LogP contribution < -0.4 is 5.32 Å². The van der Waals surface area contributed by atoms with Gasteiger partial charge in [-0.15, -0.1) is 0 Å². The number of hydrogen-bond acceptors (Lipinski definition) is 4. The third kappa shape index (κ3) is 6.55. The predicted molar refractivity (Wildman–Crippen MR) is 78.0 cm³/mol. The Hall–Kier alpha value is -1.13. The smallest absolute Gasteiger partial charge is 0.116 e. The van der Waals surface area contributed by atoms with Crippen LogP contribution in [0.5, 0.6) is 0 Å². The van der Waals surface area contributed by atoms with Crippen LogP contribution in [-0.2, 0) is 9.53 Å². The summed E-state index contributed by atoms with van der Waals surface area (Å²) in [5, 5.41) is 3.39. The normalized spacial score (nSPS) is 23.1. The first-order valence-corrected chi connectivity index (χ1v) is 7.14. The molecule has 0 spiro atoms. The molecular weight excluding hydrogens is 240 g/mol. The fraction of sp³-hybridized carbons (Fsp3) is 0.667. The molecule has 0 radical (unpaired) electrons. The zero-order chi connectivity index (χ0) is 13.9. The largest absolute Gasteiger partial charge is 0.494 e. The molecule has 0 bridgehead atoms. The minimum atomic E-state index is 0.629. The van der Waals surface area contributed by atoms with Crippen LogP contribution >= 0.6 is 0 Å². The van der Waals surface area contributed by atoms with Crippen LogP contribution in [0.4, 0.5) is 0 Å². The maximum atomic E-state index is 8.81. The van der Waals surface area contributed by atoms with Crippen LogP contribution in [0.25, 0.3) is 0 Å². The number of rotatable bonds is 4. The van der Waals surface area contributed by atoms with Crippen LogP contribution in [-0.4, -0.2) is 50.5 Å². The second-order valence-corrected chi connectivity index (χ2v) is 4.69. The summed E-state index contributed by atoms with van der Waals surface area (Å²) in [5.74, 6) is 1.68. The minimum Gasteiger partial charge on any atom is -0.494 e. The van der Waals surface area contributed by atoms with E-state index in [1.807, 2.05) is 6.92 Å². The highest BCUT2D eigenvalue weighted by molar-refractivity contribution is 5.44. The molecule has 0 aromatic heterocycles. The average molecular weight is 266 g/mol. The van der Waals surface area contributed by atoms with Crippen molar-refractivity contribution < 1.29 is 9.53 Å². The number of aldehydes is 1. The standard InChI is InChI=1S/C13H22N2O.C2H4O/c1-2-16-13-5-3-4-12(10-13)11-15-8-6-14-7-9-15;1-2-3/h3,5,10,12,14H,2,4,6-9,11H2,1H3;2H,1H3. The van der Waals surface area contributed by atoms with Gasteiger partial charge in [0.15, 0.2) is 0 Å². The number of carbonyl (C=O) groups is 1. The van der Waals surface area contributed by atoms with Crippen LogP contribution in [0.15, 0.2) is 24.0 Å². The number of piperazine rings is 1. The van der Waals surface area contributed by atoms with E-state index in [1.54, 1.807) is 0 Å². The van der Waals surface area contributed by atoms with Crippen molar-refractivity contribution in [2.75, 3.05) is 39.3 Å².